The Morgan fingerprint density at radius 2 is 2.00 bits per heavy atom. The zero-order valence-electron chi connectivity index (χ0n) is 5.84. The molecule has 70 valence electrons. The Morgan fingerprint density at radius 1 is 1.42 bits per heavy atom. The maximum atomic E-state index is 11.9. The zero-order chi connectivity index (χ0) is 8.48. The van der Waals surface area contributed by atoms with E-state index in [1.807, 2.05) is 0 Å². The lowest BCUT2D eigenvalue weighted by atomic mass is 10.2. The van der Waals surface area contributed by atoms with Crippen molar-refractivity contribution < 1.29 is 13.2 Å². The molecule has 1 unspecified atom stereocenters. The molecule has 1 atom stereocenters. The Morgan fingerprint density at radius 3 is 2.33 bits per heavy atom. The lowest BCUT2D eigenvalue weighted by Crippen LogP contribution is -2.27. The summed E-state index contributed by atoms with van der Waals surface area (Å²) < 4.78 is 35.7. The molecule has 1 aromatic heterocycles. The highest BCUT2D eigenvalue weighted by molar-refractivity contribution is 7.10. The summed E-state index contributed by atoms with van der Waals surface area (Å²) in [5, 5.41) is 1.57. The zero-order valence-corrected chi connectivity index (χ0v) is 7.47. The lowest BCUT2D eigenvalue weighted by Gasteiger charge is -2.12. The Kier molecular flexibility index (Phi) is 4.02. The van der Waals surface area contributed by atoms with Gasteiger partial charge in [-0.05, 0) is 11.4 Å². The molecule has 1 aromatic rings. The molecular formula is C6H7ClF3NS. The van der Waals surface area contributed by atoms with Crippen LogP contribution in [0.15, 0.2) is 17.5 Å². The van der Waals surface area contributed by atoms with E-state index in [-0.39, 0.29) is 17.3 Å². The van der Waals surface area contributed by atoms with Crippen LogP contribution in [0.4, 0.5) is 13.2 Å². The number of thiophene rings is 1. The van der Waals surface area contributed by atoms with Crippen LogP contribution in [0.3, 0.4) is 0 Å². The molecule has 0 saturated heterocycles. The highest BCUT2D eigenvalue weighted by Crippen LogP contribution is 2.32. The number of rotatable bonds is 1. The molecule has 0 aliphatic heterocycles. The molecule has 2 N–H and O–H groups in total. The fraction of sp³-hybridized carbons (Fsp3) is 0.333. The van der Waals surface area contributed by atoms with Crippen LogP contribution in [0.2, 0.25) is 0 Å². The van der Waals surface area contributed by atoms with Crippen molar-refractivity contribution in [2.75, 3.05) is 0 Å². The van der Waals surface area contributed by atoms with Crippen molar-refractivity contribution in [1.82, 2.24) is 0 Å². The van der Waals surface area contributed by atoms with Gasteiger partial charge in [0.05, 0.1) is 0 Å². The van der Waals surface area contributed by atoms with Crippen LogP contribution in [0.1, 0.15) is 10.9 Å². The first-order valence-corrected chi connectivity index (χ1v) is 3.75. The van der Waals surface area contributed by atoms with Gasteiger partial charge in [0, 0.05) is 4.88 Å². The molecule has 6 heteroatoms. The molecule has 12 heavy (non-hydrogen) atoms. The maximum absolute atomic E-state index is 11.9. The van der Waals surface area contributed by atoms with E-state index >= 15 is 0 Å². The van der Waals surface area contributed by atoms with Crippen LogP contribution in [0.5, 0.6) is 0 Å². The second-order valence-electron chi connectivity index (χ2n) is 2.03. The van der Waals surface area contributed by atoms with E-state index in [1.165, 1.54) is 6.07 Å². The molecule has 0 radical (unpaired) electrons. The summed E-state index contributed by atoms with van der Waals surface area (Å²) in [5.74, 6) is 0. The van der Waals surface area contributed by atoms with Gasteiger partial charge in [-0.1, -0.05) is 6.07 Å². The van der Waals surface area contributed by atoms with Gasteiger partial charge in [-0.15, -0.1) is 23.7 Å². The van der Waals surface area contributed by atoms with Crippen LogP contribution in [0.25, 0.3) is 0 Å². The molecule has 0 fully saturated rings. The minimum Gasteiger partial charge on any atom is -0.316 e. The van der Waals surface area contributed by atoms with Crippen LogP contribution >= 0.6 is 23.7 Å². The Labute approximate surface area is 77.8 Å². The predicted molar refractivity (Wildman–Crippen MR) is 44.6 cm³/mol. The monoisotopic (exact) mass is 217 g/mol. The summed E-state index contributed by atoms with van der Waals surface area (Å²) in [6, 6.07) is 1.09. The Bertz CT molecular complexity index is 221. The van der Waals surface area contributed by atoms with Gasteiger partial charge >= 0.3 is 6.18 Å². The van der Waals surface area contributed by atoms with E-state index in [1.54, 1.807) is 11.4 Å². The van der Waals surface area contributed by atoms with E-state index in [0.29, 0.717) is 0 Å². The average molecular weight is 218 g/mol. The van der Waals surface area contributed by atoms with E-state index in [0.717, 1.165) is 11.3 Å². The summed E-state index contributed by atoms with van der Waals surface area (Å²) >= 11 is 1.01. The van der Waals surface area contributed by atoms with Gasteiger partial charge in [0.2, 0.25) is 0 Å². The molecule has 0 bridgehead atoms. The number of alkyl halides is 3. The van der Waals surface area contributed by atoms with Crippen molar-refractivity contribution in [1.29, 1.82) is 0 Å². The minimum absolute atomic E-state index is 0. The van der Waals surface area contributed by atoms with Crippen molar-refractivity contribution >= 4 is 23.7 Å². The normalized spacial score (nSPS) is 13.7. The van der Waals surface area contributed by atoms with Crippen molar-refractivity contribution in [2.24, 2.45) is 5.73 Å². The third-order valence-electron chi connectivity index (χ3n) is 1.20. The maximum Gasteiger partial charge on any atom is 0.408 e. The third-order valence-corrected chi connectivity index (χ3v) is 2.16. The molecule has 0 saturated carbocycles. The molecule has 1 heterocycles. The van der Waals surface area contributed by atoms with Gasteiger partial charge in [-0.3, -0.25) is 0 Å². The fourth-order valence-electron chi connectivity index (χ4n) is 0.630. The quantitative estimate of drug-likeness (QED) is 0.769. The van der Waals surface area contributed by atoms with E-state index in [9.17, 15) is 13.2 Å². The topological polar surface area (TPSA) is 26.0 Å². The highest BCUT2D eigenvalue weighted by Gasteiger charge is 2.38. The van der Waals surface area contributed by atoms with E-state index < -0.39 is 12.2 Å². The van der Waals surface area contributed by atoms with Crippen LogP contribution in [-0.4, -0.2) is 6.18 Å². The van der Waals surface area contributed by atoms with Crippen LogP contribution in [0, 0.1) is 0 Å². The first-order valence-electron chi connectivity index (χ1n) is 2.87. The van der Waals surface area contributed by atoms with Gasteiger partial charge in [-0.2, -0.15) is 13.2 Å². The summed E-state index contributed by atoms with van der Waals surface area (Å²) in [6.45, 7) is 0. The van der Waals surface area contributed by atoms with Crippen molar-refractivity contribution in [3.05, 3.63) is 22.4 Å². The van der Waals surface area contributed by atoms with Crippen molar-refractivity contribution in [2.45, 2.75) is 12.2 Å². The van der Waals surface area contributed by atoms with Crippen molar-refractivity contribution in [3.8, 4) is 0 Å². The molecule has 0 spiro atoms. The SMILES string of the molecule is Cl.NC(c1cccs1)C(F)(F)F. The summed E-state index contributed by atoms with van der Waals surface area (Å²) in [7, 11) is 0. The van der Waals surface area contributed by atoms with Gasteiger partial charge in [0.25, 0.3) is 0 Å². The molecule has 1 rings (SSSR count). The second-order valence-corrected chi connectivity index (χ2v) is 3.01. The van der Waals surface area contributed by atoms with E-state index in [2.05, 4.69) is 0 Å². The smallest absolute Gasteiger partial charge is 0.316 e. The Hall–Kier alpha value is -0.260. The minimum atomic E-state index is -4.33. The molecular weight excluding hydrogens is 211 g/mol. The Balaban J connectivity index is 0.00000121. The molecule has 0 aliphatic carbocycles. The van der Waals surface area contributed by atoms with Gasteiger partial charge < -0.3 is 5.73 Å². The summed E-state index contributed by atoms with van der Waals surface area (Å²) in [4.78, 5) is 0.150. The predicted octanol–water partition coefficient (Wildman–Crippen LogP) is 2.73. The summed E-state index contributed by atoms with van der Waals surface area (Å²) in [6.07, 6.45) is -4.33. The molecule has 0 amide bonds. The standard InChI is InChI=1S/C6H6F3NS.ClH/c7-6(8,9)5(10)4-2-1-3-11-4;/h1-3,5H,10H2;1H. The first-order chi connectivity index (χ1) is 5.02. The number of hydrogen-bond donors (Lipinski definition) is 1. The number of nitrogens with two attached hydrogens (primary N) is 1. The van der Waals surface area contributed by atoms with Crippen LogP contribution in [-0.2, 0) is 0 Å². The third kappa shape index (κ3) is 2.66. The fourth-order valence-corrected chi connectivity index (χ4v) is 1.38. The first kappa shape index (κ1) is 11.7. The highest BCUT2D eigenvalue weighted by atomic mass is 35.5. The van der Waals surface area contributed by atoms with E-state index in [4.69, 9.17) is 5.73 Å². The molecule has 1 nitrogen and oxygen atoms in total. The van der Waals surface area contributed by atoms with Crippen molar-refractivity contribution in [3.63, 3.8) is 0 Å². The molecule has 0 aromatic carbocycles. The van der Waals surface area contributed by atoms with Gasteiger partial charge in [-0.25, -0.2) is 0 Å². The second kappa shape index (κ2) is 4.11. The lowest BCUT2D eigenvalue weighted by molar-refractivity contribution is -0.148. The average Bonchev–Trinajstić information content (AvgIpc) is 2.34. The number of halogens is 4. The van der Waals surface area contributed by atoms with Gasteiger partial charge in [0.1, 0.15) is 6.04 Å². The molecule has 0 aliphatic rings. The number of hydrogen-bond acceptors (Lipinski definition) is 2. The van der Waals surface area contributed by atoms with Crippen LogP contribution < -0.4 is 5.73 Å². The van der Waals surface area contributed by atoms with Gasteiger partial charge in [0.15, 0.2) is 0 Å². The summed E-state index contributed by atoms with van der Waals surface area (Å²) in [5.41, 5.74) is 4.90. The largest absolute Gasteiger partial charge is 0.408 e.